The van der Waals surface area contributed by atoms with Crippen LogP contribution in [0.15, 0.2) is 66.8 Å². The molecule has 1 unspecified atom stereocenters. The summed E-state index contributed by atoms with van der Waals surface area (Å²) in [6.07, 6.45) is 5.11. The third-order valence-electron chi connectivity index (χ3n) is 4.73. The minimum atomic E-state index is -0.513. The van der Waals surface area contributed by atoms with E-state index in [9.17, 15) is 14.4 Å². The van der Waals surface area contributed by atoms with Crippen LogP contribution in [0, 0.1) is 0 Å². The zero-order valence-corrected chi connectivity index (χ0v) is 19.7. The van der Waals surface area contributed by atoms with E-state index in [-0.39, 0.29) is 12.7 Å². The molecule has 0 N–H and O–H groups in total. The molecule has 0 heterocycles. The highest BCUT2D eigenvalue weighted by atomic mass is 16.6. The van der Waals surface area contributed by atoms with E-state index in [0.29, 0.717) is 29.1 Å². The van der Waals surface area contributed by atoms with Crippen molar-refractivity contribution in [3.63, 3.8) is 0 Å². The summed E-state index contributed by atoms with van der Waals surface area (Å²) >= 11 is 0. The van der Waals surface area contributed by atoms with Gasteiger partial charge >= 0.3 is 17.9 Å². The predicted molar refractivity (Wildman–Crippen MR) is 129 cm³/mol. The van der Waals surface area contributed by atoms with Crippen molar-refractivity contribution < 1.29 is 33.3 Å². The highest BCUT2D eigenvalue weighted by molar-refractivity contribution is 5.91. The topological polar surface area (TPSA) is 88.1 Å². The van der Waals surface area contributed by atoms with Gasteiger partial charge in [-0.25, -0.2) is 14.4 Å². The summed E-state index contributed by atoms with van der Waals surface area (Å²) in [6.45, 7) is 7.48. The van der Waals surface area contributed by atoms with Gasteiger partial charge < -0.3 is 18.9 Å². The van der Waals surface area contributed by atoms with E-state index in [0.717, 1.165) is 18.4 Å². The van der Waals surface area contributed by atoms with E-state index in [1.807, 2.05) is 0 Å². The highest BCUT2D eigenvalue weighted by Gasteiger charge is 2.16. The number of esters is 3. The van der Waals surface area contributed by atoms with Crippen molar-refractivity contribution >= 4 is 24.0 Å². The average Bonchev–Trinajstić information content (AvgIpc) is 2.85. The Balaban J connectivity index is 1.92. The molecule has 2 aromatic carbocycles. The fourth-order valence-corrected chi connectivity index (χ4v) is 2.78. The van der Waals surface area contributed by atoms with Crippen molar-refractivity contribution in [2.45, 2.75) is 39.2 Å². The molecule has 0 spiro atoms. The molecule has 180 valence electrons. The van der Waals surface area contributed by atoms with Crippen molar-refractivity contribution in [1.82, 2.24) is 0 Å². The summed E-state index contributed by atoms with van der Waals surface area (Å²) < 4.78 is 21.1. The van der Waals surface area contributed by atoms with Crippen LogP contribution in [0.3, 0.4) is 0 Å². The number of carbonyl (C=O) groups excluding carboxylic acids is 3. The van der Waals surface area contributed by atoms with Crippen molar-refractivity contribution in [3.05, 3.63) is 77.9 Å². The molecule has 0 aliphatic carbocycles. The highest BCUT2D eigenvalue weighted by Crippen LogP contribution is 2.18. The molecule has 0 amide bonds. The Bertz CT molecular complexity index is 1000. The predicted octanol–water partition coefficient (Wildman–Crippen LogP) is 5.15. The zero-order valence-electron chi connectivity index (χ0n) is 19.7. The fourth-order valence-electron chi connectivity index (χ4n) is 2.78. The lowest BCUT2D eigenvalue weighted by Crippen LogP contribution is -2.25. The van der Waals surface area contributed by atoms with Gasteiger partial charge in [0, 0.05) is 11.6 Å². The third-order valence-corrected chi connectivity index (χ3v) is 4.73. The Kier molecular flexibility index (Phi) is 10.6. The quantitative estimate of drug-likeness (QED) is 0.243. The van der Waals surface area contributed by atoms with Crippen molar-refractivity contribution in [2.24, 2.45) is 0 Å². The second kappa shape index (κ2) is 13.6. The summed E-state index contributed by atoms with van der Waals surface area (Å²) in [7, 11) is 1.31. The molecule has 7 heteroatoms. The first kappa shape index (κ1) is 26.4. The molecule has 34 heavy (non-hydrogen) atoms. The first-order chi connectivity index (χ1) is 16.3. The fraction of sp³-hybridized carbons (Fsp3) is 0.296. The first-order valence-corrected chi connectivity index (χ1v) is 11.0. The Morgan fingerprint density at radius 1 is 1.00 bits per heavy atom. The lowest BCUT2D eigenvalue weighted by Gasteiger charge is -2.18. The smallest absolute Gasteiger partial charge is 0.343 e. The monoisotopic (exact) mass is 466 g/mol. The maximum Gasteiger partial charge on any atom is 0.343 e. The number of benzene rings is 2. The molecule has 0 radical (unpaired) electrons. The largest absolute Gasteiger partial charge is 0.490 e. The van der Waals surface area contributed by atoms with E-state index < -0.39 is 17.9 Å². The van der Waals surface area contributed by atoms with Crippen LogP contribution in [0.2, 0.25) is 0 Å². The number of methoxy groups -OCH3 is 1. The molecule has 0 saturated carbocycles. The van der Waals surface area contributed by atoms with Crippen LogP contribution in [0.25, 0.3) is 6.08 Å². The Morgan fingerprint density at radius 2 is 1.65 bits per heavy atom. The average molecular weight is 467 g/mol. The van der Waals surface area contributed by atoms with E-state index in [1.165, 1.54) is 13.2 Å². The van der Waals surface area contributed by atoms with Crippen LogP contribution in [-0.4, -0.2) is 37.7 Å². The molecule has 0 aliphatic rings. The van der Waals surface area contributed by atoms with Gasteiger partial charge in [-0.05, 0) is 67.8 Å². The molecule has 0 saturated heterocycles. The number of unbranched alkanes of at least 4 members (excludes halogenated alkanes) is 1. The standard InChI is InChI=1S/C27H30O7/c1-5-6-7-24(34-26(29)19(2)3)18-32-22-15-11-21(12-16-22)27(30)33-23-13-8-20(9-14-23)10-17-25(28)31-4/h8-17,24H,2,5-7,18H2,1,3-4H3/b17-10+. The van der Waals surface area contributed by atoms with Gasteiger partial charge in [-0.3, -0.25) is 0 Å². The molecule has 0 aliphatic heterocycles. The number of hydrogen-bond acceptors (Lipinski definition) is 7. The van der Waals surface area contributed by atoms with E-state index >= 15 is 0 Å². The van der Waals surface area contributed by atoms with Crippen LogP contribution in [0.5, 0.6) is 11.5 Å². The molecule has 2 aromatic rings. The number of rotatable bonds is 12. The molecule has 7 nitrogen and oxygen atoms in total. The zero-order chi connectivity index (χ0) is 24.9. The summed E-state index contributed by atoms with van der Waals surface area (Å²) in [4.78, 5) is 35.4. The minimum absolute atomic E-state index is 0.208. The SMILES string of the molecule is C=C(C)C(=O)OC(CCCC)COc1ccc(C(=O)Oc2ccc(/C=C/C(=O)OC)cc2)cc1. The second-order valence-corrected chi connectivity index (χ2v) is 7.60. The Morgan fingerprint density at radius 3 is 2.24 bits per heavy atom. The van der Waals surface area contributed by atoms with E-state index in [4.69, 9.17) is 14.2 Å². The maximum absolute atomic E-state index is 12.4. The maximum atomic E-state index is 12.4. The Labute approximate surface area is 200 Å². The lowest BCUT2D eigenvalue weighted by atomic mass is 10.1. The second-order valence-electron chi connectivity index (χ2n) is 7.60. The summed E-state index contributed by atoms with van der Waals surface area (Å²) in [5, 5.41) is 0. The number of carbonyl (C=O) groups is 3. The molecule has 0 bridgehead atoms. The van der Waals surface area contributed by atoms with E-state index in [2.05, 4.69) is 18.2 Å². The van der Waals surface area contributed by atoms with Crippen molar-refractivity contribution in [1.29, 1.82) is 0 Å². The van der Waals surface area contributed by atoms with Gasteiger partial charge in [-0.1, -0.05) is 32.1 Å². The van der Waals surface area contributed by atoms with E-state index in [1.54, 1.807) is 61.5 Å². The van der Waals surface area contributed by atoms with Crippen LogP contribution < -0.4 is 9.47 Å². The molecular formula is C27H30O7. The minimum Gasteiger partial charge on any atom is -0.490 e. The van der Waals surface area contributed by atoms with Gasteiger partial charge in [0.1, 0.15) is 24.2 Å². The summed E-state index contributed by atoms with van der Waals surface area (Å²) in [5.74, 6) is -0.479. The van der Waals surface area contributed by atoms with Gasteiger partial charge in [-0.15, -0.1) is 0 Å². The lowest BCUT2D eigenvalue weighted by molar-refractivity contribution is -0.146. The van der Waals surface area contributed by atoms with Crippen LogP contribution in [0.1, 0.15) is 49.0 Å². The van der Waals surface area contributed by atoms with Crippen molar-refractivity contribution in [2.75, 3.05) is 13.7 Å². The van der Waals surface area contributed by atoms with Gasteiger partial charge in [0.15, 0.2) is 0 Å². The van der Waals surface area contributed by atoms with Gasteiger partial charge in [0.2, 0.25) is 0 Å². The molecular weight excluding hydrogens is 436 g/mol. The van der Waals surface area contributed by atoms with Crippen molar-refractivity contribution in [3.8, 4) is 11.5 Å². The molecule has 0 fully saturated rings. The molecule has 0 aromatic heterocycles. The molecule has 1 atom stereocenters. The number of hydrogen-bond donors (Lipinski definition) is 0. The first-order valence-electron chi connectivity index (χ1n) is 11.0. The third kappa shape index (κ3) is 8.94. The van der Waals surface area contributed by atoms with Gasteiger partial charge in [0.25, 0.3) is 0 Å². The van der Waals surface area contributed by atoms with Crippen LogP contribution >= 0.6 is 0 Å². The van der Waals surface area contributed by atoms with Crippen LogP contribution in [-0.2, 0) is 19.1 Å². The summed E-state index contributed by atoms with van der Waals surface area (Å²) in [6, 6.07) is 13.2. The number of ether oxygens (including phenoxy) is 4. The van der Waals surface area contributed by atoms with Gasteiger partial charge in [0.05, 0.1) is 12.7 Å². The Hall–Kier alpha value is -3.87. The van der Waals surface area contributed by atoms with Gasteiger partial charge in [-0.2, -0.15) is 0 Å². The summed E-state index contributed by atoms with van der Waals surface area (Å²) in [5.41, 5.74) is 1.47. The van der Waals surface area contributed by atoms with Crippen LogP contribution in [0.4, 0.5) is 0 Å². The molecule has 2 rings (SSSR count). The normalized spacial score (nSPS) is 11.5.